The molecule has 0 amide bonds. The summed E-state index contributed by atoms with van der Waals surface area (Å²) in [5.74, 6) is 0.612. The summed E-state index contributed by atoms with van der Waals surface area (Å²) in [5.41, 5.74) is 0. The second-order valence-electron chi connectivity index (χ2n) is 3.03. The van der Waals surface area contributed by atoms with Gasteiger partial charge in [-0.25, -0.2) is 4.98 Å². The molecular formula is C9H11ClN2O. The average Bonchev–Trinajstić information content (AvgIpc) is 2.57. The Morgan fingerprint density at radius 2 is 2.46 bits per heavy atom. The normalized spacial score (nSPS) is 21.8. The van der Waals surface area contributed by atoms with Gasteiger partial charge in [-0.05, 0) is 19.0 Å². The molecule has 1 N–H and O–H groups in total. The molecular weight excluding hydrogens is 188 g/mol. The fourth-order valence-corrected chi connectivity index (χ4v) is 1.51. The molecule has 4 heteroatoms. The number of halogens is 1. The van der Waals surface area contributed by atoms with Crippen molar-refractivity contribution in [2.75, 3.05) is 13.1 Å². The molecule has 0 spiro atoms. The first kappa shape index (κ1) is 8.78. The highest BCUT2D eigenvalue weighted by atomic mass is 35.5. The Morgan fingerprint density at radius 3 is 3.15 bits per heavy atom. The first-order valence-corrected chi connectivity index (χ1v) is 4.72. The number of aromatic nitrogens is 1. The van der Waals surface area contributed by atoms with Gasteiger partial charge in [0.05, 0.1) is 0 Å². The Balaban J connectivity index is 2.00. The van der Waals surface area contributed by atoms with Crippen LogP contribution >= 0.6 is 11.6 Å². The van der Waals surface area contributed by atoms with Crippen molar-refractivity contribution in [3.8, 4) is 5.88 Å². The fraction of sp³-hybridized carbons (Fsp3) is 0.444. The van der Waals surface area contributed by atoms with Crippen molar-refractivity contribution in [1.82, 2.24) is 10.3 Å². The minimum Gasteiger partial charge on any atom is -0.473 e. The van der Waals surface area contributed by atoms with Gasteiger partial charge in [0.15, 0.2) is 0 Å². The van der Waals surface area contributed by atoms with Gasteiger partial charge >= 0.3 is 0 Å². The molecule has 1 atom stereocenters. The van der Waals surface area contributed by atoms with Crippen LogP contribution in [0, 0.1) is 0 Å². The topological polar surface area (TPSA) is 34.1 Å². The Bertz CT molecular complexity index is 287. The van der Waals surface area contributed by atoms with E-state index in [-0.39, 0.29) is 6.10 Å². The third-order valence-corrected chi connectivity index (χ3v) is 2.20. The summed E-state index contributed by atoms with van der Waals surface area (Å²) in [6, 6.07) is 5.40. The van der Waals surface area contributed by atoms with E-state index in [1.807, 2.05) is 12.1 Å². The van der Waals surface area contributed by atoms with Gasteiger partial charge in [0.1, 0.15) is 11.3 Å². The summed E-state index contributed by atoms with van der Waals surface area (Å²) in [6.45, 7) is 1.92. The molecule has 1 fully saturated rings. The molecule has 1 saturated heterocycles. The average molecular weight is 199 g/mol. The summed E-state index contributed by atoms with van der Waals surface area (Å²) in [5, 5.41) is 3.70. The second-order valence-corrected chi connectivity index (χ2v) is 3.42. The number of hydrogen-bond donors (Lipinski definition) is 1. The molecule has 0 bridgehead atoms. The summed E-state index contributed by atoms with van der Waals surface area (Å²) >= 11 is 5.72. The predicted octanol–water partition coefficient (Wildman–Crippen LogP) is 1.48. The van der Waals surface area contributed by atoms with Crippen LogP contribution in [0.15, 0.2) is 18.2 Å². The number of rotatable bonds is 2. The van der Waals surface area contributed by atoms with Crippen LogP contribution in [0.2, 0.25) is 5.15 Å². The van der Waals surface area contributed by atoms with E-state index in [0.717, 1.165) is 19.5 Å². The van der Waals surface area contributed by atoms with Gasteiger partial charge in [-0.15, -0.1) is 0 Å². The third kappa shape index (κ3) is 2.32. The van der Waals surface area contributed by atoms with E-state index >= 15 is 0 Å². The number of ether oxygens (including phenoxy) is 1. The van der Waals surface area contributed by atoms with Crippen LogP contribution < -0.4 is 10.1 Å². The molecule has 2 heterocycles. The Kier molecular flexibility index (Phi) is 2.66. The third-order valence-electron chi connectivity index (χ3n) is 1.99. The van der Waals surface area contributed by atoms with Crippen molar-refractivity contribution in [2.24, 2.45) is 0 Å². The van der Waals surface area contributed by atoms with E-state index in [4.69, 9.17) is 16.3 Å². The maximum absolute atomic E-state index is 5.72. The molecule has 1 aromatic heterocycles. The van der Waals surface area contributed by atoms with E-state index < -0.39 is 0 Å². The van der Waals surface area contributed by atoms with Crippen molar-refractivity contribution in [1.29, 1.82) is 0 Å². The minimum absolute atomic E-state index is 0.242. The van der Waals surface area contributed by atoms with Crippen LogP contribution in [0.5, 0.6) is 5.88 Å². The monoisotopic (exact) mass is 198 g/mol. The van der Waals surface area contributed by atoms with Gasteiger partial charge in [-0.3, -0.25) is 0 Å². The number of hydrogen-bond acceptors (Lipinski definition) is 3. The first-order chi connectivity index (χ1) is 6.34. The molecule has 3 nitrogen and oxygen atoms in total. The molecule has 13 heavy (non-hydrogen) atoms. The smallest absolute Gasteiger partial charge is 0.214 e. The zero-order valence-corrected chi connectivity index (χ0v) is 7.92. The van der Waals surface area contributed by atoms with Gasteiger partial charge < -0.3 is 10.1 Å². The van der Waals surface area contributed by atoms with Gasteiger partial charge in [0.25, 0.3) is 0 Å². The number of nitrogens with zero attached hydrogens (tertiary/aromatic N) is 1. The molecule has 0 saturated carbocycles. The van der Waals surface area contributed by atoms with Crippen molar-refractivity contribution >= 4 is 11.6 Å². The van der Waals surface area contributed by atoms with E-state index in [1.54, 1.807) is 6.07 Å². The van der Waals surface area contributed by atoms with Crippen LogP contribution in [0.1, 0.15) is 6.42 Å². The SMILES string of the molecule is Clc1cccc(OC2CCNC2)n1. The highest BCUT2D eigenvalue weighted by Crippen LogP contribution is 2.14. The van der Waals surface area contributed by atoms with E-state index in [9.17, 15) is 0 Å². The molecule has 0 aliphatic carbocycles. The molecule has 1 unspecified atom stereocenters. The fourth-order valence-electron chi connectivity index (χ4n) is 1.35. The van der Waals surface area contributed by atoms with E-state index in [0.29, 0.717) is 11.0 Å². The first-order valence-electron chi connectivity index (χ1n) is 4.34. The highest BCUT2D eigenvalue weighted by Gasteiger charge is 2.16. The van der Waals surface area contributed by atoms with Crippen LogP contribution in [0.25, 0.3) is 0 Å². The zero-order chi connectivity index (χ0) is 9.10. The van der Waals surface area contributed by atoms with E-state index in [2.05, 4.69) is 10.3 Å². The molecule has 0 radical (unpaired) electrons. The lowest BCUT2D eigenvalue weighted by molar-refractivity contribution is 0.214. The lowest BCUT2D eigenvalue weighted by Gasteiger charge is -2.10. The quantitative estimate of drug-likeness (QED) is 0.731. The summed E-state index contributed by atoms with van der Waals surface area (Å²) in [7, 11) is 0. The van der Waals surface area contributed by atoms with Gasteiger partial charge in [0, 0.05) is 12.6 Å². The van der Waals surface area contributed by atoms with Crippen LogP contribution in [0.4, 0.5) is 0 Å². The highest BCUT2D eigenvalue weighted by molar-refractivity contribution is 6.29. The second kappa shape index (κ2) is 3.94. The van der Waals surface area contributed by atoms with E-state index in [1.165, 1.54) is 0 Å². The van der Waals surface area contributed by atoms with Crippen molar-refractivity contribution in [3.63, 3.8) is 0 Å². The Morgan fingerprint density at radius 1 is 1.54 bits per heavy atom. The number of pyridine rings is 1. The zero-order valence-electron chi connectivity index (χ0n) is 7.16. The molecule has 1 aliphatic heterocycles. The van der Waals surface area contributed by atoms with Crippen molar-refractivity contribution < 1.29 is 4.74 Å². The van der Waals surface area contributed by atoms with Gasteiger partial charge in [-0.2, -0.15) is 0 Å². The molecule has 70 valence electrons. The summed E-state index contributed by atoms with van der Waals surface area (Å²) in [6.07, 6.45) is 1.28. The van der Waals surface area contributed by atoms with Crippen LogP contribution in [0.3, 0.4) is 0 Å². The molecule has 0 aromatic carbocycles. The lowest BCUT2D eigenvalue weighted by Crippen LogP contribution is -2.19. The van der Waals surface area contributed by atoms with Crippen molar-refractivity contribution in [3.05, 3.63) is 23.4 Å². The Hall–Kier alpha value is -0.800. The van der Waals surface area contributed by atoms with Gasteiger partial charge in [0.2, 0.25) is 5.88 Å². The standard InChI is InChI=1S/C9H11ClN2O/c10-8-2-1-3-9(12-8)13-7-4-5-11-6-7/h1-3,7,11H,4-6H2. The Labute approximate surface area is 82.1 Å². The van der Waals surface area contributed by atoms with Crippen molar-refractivity contribution in [2.45, 2.75) is 12.5 Å². The minimum atomic E-state index is 0.242. The molecule has 1 aliphatic rings. The summed E-state index contributed by atoms with van der Waals surface area (Å²) in [4.78, 5) is 4.05. The van der Waals surface area contributed by atoms with Crippen LogP contribution in [-0.4, -0.2) is 24.2 Å². The number of nitrogens with one attached hydrogen (secondary N) is 1. The van der Waals surface area contributed by atoms with Crippen LogP contribution in [-0.2, 0) is 0 Å². The largest absolute Gasteiger partial charge is 0.473 e. The maximum Gasteiger partial charge on any atom is 0.214 e. The van der Waals surface area contributed by atoms with Gasteiger partial charge in [-0.1, -0.05) is 17.7 Å². The lowest BCUT2D eigenvalue weighted by atomic mass is 10.3. The summed E-state index contributed by atoms with van der Waals surface area (Å²) < 4.78 is 5.60. The maximum atomic E-state index is 5.72. The molecule has 2 rings (SSSR count). The predicted molar refractivity (Wildman–Crippen MR) is 51.1 cm³/mol. The molecule has 1 aromatic rings.